The summed E-state index contributed by atoms with van der Waals surface area (Å²) in [6, 6.07) is 20.2. The highest BCUT2D eigenvalue weighted by Crippen LogP contribution is 2.34. The van der Waals surface area contributed by atoms with Gasteiger partial charge in [0.05, 0.1) is 5.52 Å². The number of aryl methyl sites for hydroxylation is 1. The molecule has 0 bridgehead atoms. The third-order valence-electron chi connectivity index (χ3n) is 7.81. The van der Waals surface area contributed by atoms with Crippen molar-refractivity contribution in [1.29, 1.82) is 0 Å². The molecule has 1 fully saturated rings. The first-order valence-electron chi connectivity index (χ1n) is 13.9. The van der Waals surface area contributed by atoms with Crippen LogP contribution in [0.2, 0.25) is 0 Å². The Morgan fingerprint density at radius 3 is 2.62 bits per heavy atom. The summed E-state index contributed by atoms with van der Waals surface area (Å²) in [6.07, 6.45) is 5.28. The molecule has 0 radical (unpaired) electrons. The summed E-state index contributed by atoms with van der Waals surface area (Å²) in [7, 11) is 0. The molecule has 1 N–H and O–H groups in total. The van der Waals surface area contributed by atoms with Gasteiger partial charge in [0.1, 0.15) is 18.1 Å². The molecule has 9 heteroatoms. The normalized spacial score (nSPS) is 15.6. The molecule has 2 heterocycles. The first-order chi connectivity index (χ1) is 19.6. The highest BCUT2D eigenvalue weighted by Gasteiger charge is 2.34. The van der Waals surface area contributed by atoms with Gasteiger partial charge in [-0.2, -0.15) is 0 Å². The molecular weight excluding hydrogens is 506 g/mol. The van der Waals surface area contributed by atoms with E-state index in [4.69, 9.17) is 9.47 Å². The van der Waals surface area contributed by atoms with Gasteiger partial charge in [-0.05, 0) is 60.7 Å². The molecule has 4 aromatic rings. The average molecular weight is 540 g/mol. The van der Waals surface area contributed by atoms with Crippen LogP contribution >= 0.6 is 0 Å². The maximum atomic E-state index is 14.2. The fraction of sp³-hybridized carbons (Fsp3) is 0.355. The molecule has 3 aromatic carbocycles. The number of ether oxygens (including phenoxy) is 2. The van der Waals surface area contributed by atoms with E-state index in [0.29, 0.717) is 17.0 Å². The first kappa shape index (κ1) is 25.9. The number of carbonyl (C=O) groups excluding carboxylic acids is 2. The molecule has 1 atom stereocenters. The maximum absolute atomic E-state index is 14.2. The molecule has 1 aliphatic heterocycles. The van der Waals surface area contributed by atoms with Crippen LogP contribution in [0.4, 0.5) is 0 Å². The predicted molar refractivity (Wildman–Crippen MR) is 150 cm³/mol. The second-order valence-corrected chi connectivity index (χ2v) is 10.5. The highest BCUT2D eigenvalue weighted by molar-refractivity contribution is 5.89. The number of aromatic nitrogens is 3. The van der Waals surface area contributed by atoms with Gasteiger partial charge in [0.15, 0.2) is 11.5 Å². The Morgan fingerprint density at radius 1 is 1.00 bits per heavy atom. The number of hydrogen-bond donors (Lipinski definition) is 1. The third-order valence-corrected chi connectivity index (χ3v) is 7.81. The van der Waals surface area contributed by atoms with E-state index in [2.05, 4.69) is 15.6 Å². The van der Waals surface area contributed by atoms with Crippen LogP contribution in [0.3, 0.4) is 0 Å². The quantitative estimate of drug-likeness (QED) is 0.349. The van der Waals surface area contributed by atoms with Crippen molar-refractivity contribution in [2.45, 2.75) is 64.2 Å². The van der Waals surface area contributed by atoms with Gasteiger partial charge in [-0.15, -0.1) is 5.10 Å². The lowest BCUT2D eigenvalue weighted by molar-refractivity contribution is -0.142. The van der Waals surface area contributed by atoms with Crippen molar-refractivity contribution >= 4 is 22.8 Å². The number of rotatable bonds is 8. The molecule has 2 aliphatic rings. The monoisotopic (exact) mass is 539 g/mol. The fourth-order valence-corrected chi connectivity index (χ4v) is 5.68. The van der Waals surface area contributed by atoms with Crippen LogP contribution in [0.25, 0.3) is 11.0 Å². The molecule has 6 rings (SSSR count). The van der Waals surface area contributed by atoms with Crippen LogP contribution in [0.5, 0.6) is 11.5 Å². The smallest absolute Gasteiger partial charge is 0.247 e. The zero-order valence-electron chi connectivity index (χ0n) is 22.6. The lowest BCUT2D eigenvalue weighted by Gasteiger charge is -2.34. The Kier molecular flexibility index (Phi) is 7.35. The van der Waals surface area contributed by atoms with Gasteiger partial charge in [0.2, 0.25) is 18.6 Å². The Balaban J connectivity index is 1.38. The van der Waals surface area contributed by atoms with Crippen LogP contribution in [0, 0.1) is 6.92 Å². The zero-order valence-corrected chi connectivity index (χ0v) is 22.6. The van der Waals surface area contributed by atoms with E-state index < -0.39 is 6.04 Å². The zero-order chi connectivity index (χ0) is 27.5. The van der Waals surface area contributed by atoms with E-state index in [1.807, 2.05) is 73.7 Å². The molecule has 0 saturated heterocycles. The summed E-state index contributed by atoms with van der Waals surface area (Å²) >= 11 is 0. The highest BCUT2D eigenvalue weighted by atomic mass is 16.7. The van der Waals surface area contributed by atoms with Crippen molar-refractivity contribution < 1.29 is 19.1 Å². The van der Waals surface area contributed by atoms with Gasteiger partial charge in [0.25, 0.3) is 0 Å². The van der Waals surface area contributed by atoms with E-state index >= 15 is 0 Å². The second-order valence-electron chi connectivity index (χ2n) is 10.5. The molecule has 1 saturated carbocycles. The number of benzene rings is 3. The summed E-state index contributed by atoms with van der Waals surface area (Å²) in [5, 5.41) is 11.7. The van der Waals surface area contributed by atoms with Crippen LogP contribution < -0.4 is 14.8 Å². The van der Waals surface area contributed by atoms with Gasteiger partial charge < -0.3 is 19.7 Å². The predicted octanol–water partition coefficient (Wildman–Crippen LogP) is 4.69. The Morgan fingerprint density at radius 2 is 1.77 bits per heavy atom. The number of para-hydroxylation sites is 1. The number of nitrogens with one attached hydrogen (secondary N) is 1. The van der Waals surface area contributed by atoms with Crippen molar-refractivity contribution in [2.24, 2.45) is 0 Å². The Hall–Kier alpha value is -4.40. The van der Waals surface area contributed by atoms with Crippen molar-refractivity contribution in [1.82, 2.24) is 25.2 Å². The number of carbonyl (C=O) groups is 2. The topological polar surface area (TPSA) is 98.6 Å². The van der Waals surface area contributed by atoms with Crippen LogP contribution in [0.15, 0.2) is 66.7 Å². The van der Waals surface area contributed by atoms with Crippen LogP contribution in [-0.2, 0) is 22.7 Å². The van der Waals surface area contributed by atoms with E-state index in [0.717, 1.165) is 47.9 Å². The lowest BCUT2D eigenvalue weighted by Crippen LogP contribution is -2.47. The van der Waals surface area contributed by atoms with E-state index in [1.54, 1.807) is 9.58 Å². The van der Waals surface area contributed by atoms with Crippen molar-refractivity contribution in [3.63, 3.8) is 0 Å². The SMILES string of the molecule is Cc1ccccc1C(C(=O)NC1CCCCC1)N(Cc1ccc2c(c1)OCO2)C(=O)Cn1nnc2ccccc21. The summed E-state index contributed by atoms with van der Waals surface area (Å²) in [4.78, 5) is 30.0. The van der Waals surface area contributed by atoms with Crippen molar-refractivity contribution in [3.8, 4) is 11.5 Å². The van der Waals surface area contributed by atoms with Crippen molar-refractivity contribution in [3.05, 3.63) is 83.4 Å². The second kappa shape index (κ2) is 11.4. The number of fused-ring (bicyclic) bond motifs is 2. The average Bonchev–Trinajstić information content (AvgIpc) is 3.61. The standard InChI is InChI=1S/C31H33N5O4/c1-21-9-5-6-12-24(21)30(31(38)32-23-10-3-2-4-11-23)35(18-22-15-16-27-28(17-22)40-20-39-27)29(37)19-36-26-14-8-7-13-25(26)33-34-36/h5-9,12-17,23,30H,2-4,10-11,18-20H2,1H3,(H,32,38). The molecule has 1 aromatic heterocycles. The van der Waals surface area contributed by atoms with E-state index in [1.165, 1.54) is 6.42 Å². The summed E-state index contributed by atoms with van der Waals surface area (Å²) in [6.45, 7) is 2.30. The van der Waals surface area contributed by atoms with Gasteiger partial charge in [-0.3, -0.25) is 9.59 Å². The largest absolute Gasteiger partial charge is 0.454 e. The van der Waals surface area contributed by atoms with E-state index in [9.17, 15) is 9.59 Å². The van der Waals surface area contributed by atoms with Gasteiger partial charge >= 0.3 is 0 Å². The van der Waals surface area contributed by atoms with Crippen LogP contribution in [-0.4, -0.2) is 44.5 Å². The molecule has 9 nitrogen and oxygen atoms in total. The Labute approximate surface area is 233 Å². The van der Waals surface area contributed by atoms with E-state index in [-0.39, 0.29) is 37.7 Å². The maximum Gasteiger partial charge on any atom is 0.247 e. The number of nitrogens with zero attached hydrogens (tertiary/aromatic N) is 4. The number of hydrogen-bond acceptors (Lipinski definition) is 6. The summed E-state index contributed by atoms with van der Waals surface area (Å²) < 4.78 is 12.7. The van der Waals surface area contributed by atoms with Crippen molar-refractivity contribution in [2.75, 3.05) is 6.79 Å². The summed E-state index contributed by atoms with van der Waals surface area (Å²) in [5.41, 5.74) is 4.06. The minimum atomic E-state index is -0.823. The lowest BCUT2D eigenvalue weighted by atomic mass is 9.93. The van der Waals surface area contributed by atoms with Gasteiger partial charge in [-0.25, -0.2) is 4.68 Å². The molecule has 40 heavy (non-hydrogen) atoms. The minimum Gasteiger partial charge on any atom is -0.454 e. The number of amides is 2. The Bertz CT molecular complexity index is 1530. The first-order valence-corrected chi connectivity index (χ1v) is 13.9. The molecule has 1 unspecified atom stereocenters. The molecular formula is C31H33N5O4. The summed E-state index contributed by atoms with van der Waals surface area (Å²) in [5.74, 6) is 0.895. The van der Waals surface area contributed by atoms with Gasteiger partial charge in [-0.1, -0.05) is 66.9 Å². The molecule has 206 valence electrons. The molecule has 0 spiro atoms. The van der Waals surface area contributed by atoms with Gasteiger partial charge in [0, 0.05) is 12.6 Å². The molecule has 1 aliphatic carbocycles. The third kappa shape index (κ3) is 5.36. The van der Waals surface area contributed by atoms with Crippen LogP contribution in [0.1, 0.15) is 54.8 Å². The fourth-order valence-electron chi connectivity index (χ4n) is 5.68. The minimum absolute atomic E-state index is 0.0514. The molecule has 2 amide bonds.